The number of nitrogens with zero attached hydrogens (tertiary/aromatic N) is 2. The van der Waals surface area contributed by atoms with E-state index in [1.54, 1.807) is 0 Å². The van der Waals surface area contributed by atoms with E-state index in [2.05, 4.69) is 77.6 Å². The molecule has 0 bridgehead atoms. The molecule has 1 aliphatic heterocycles. The molecule has 128 valence electrons. The molecule has 2 aromatic carbocycles. The summed E-state index contributed by atoms with van der Waals surface area (Å²) in [4.78, 5) is 4.81. The molecule has 0 amide bonds. The number of nitrogens with one attached hydrogen (secondary N) is 1. The first-order valence-corrected chi connectivity index (χ1v) is 9.25. The van der Waals surface area contributed by atoms with Gasteiger partial charge in [-0.3, -0.25) is 0 Å². The van der Waals surface area contributed by atoms with Crippen LogP contribution < -0.4 is 5.32 Å². The Morgan fingerprint density at radius 1 is 1.04 bits per heavy atom. The van der Waals surface area contributed by atoms with Gasteiger partial charge < -0.3 is 9.88 Å². The molecule has 0 saturated carbocycles. The van der Waals surface area contributed by atoms with Crippen LogP contribution in [0.3, 0.4) is 0 Å². The number of hydrogen-bond acceptors (Lipinski definition) is 2. The Labute approximate surface area is 149 Å². The minimum atomic E-state index is 0.487. The van der Waals surface area contributed by atoms with Crippen molar-refractivity contribution in [2.24, 2.45) is 0 Å². The maximum absolute atomic E-state index is 4.81. The van der Waals surface area contributed by atoms with Crippen LogP contribution in [0, 0.1) is 0 Å². The number of anilines is 1. The molecule has 0 spiro atoms. The summed E-state index contributed by atoms with van der Waals surface area (Å²) in [6.07, 6.45) is 5.84. The zero-order valence-electron chi connectivity index (χ0n) is 14.8. The average Bonchev–Trinajstić information content (AvgIpc) is 3.11. The molecular weight excluding hydrogens is 306 g/mol. The highest BCUT2D eigenvalue weighted by Gasteiger charge is 2.13. The summed E-state index contributed by atoms with van der Waals surface area (Å²) in [6.45, 7) is 4.30. The van der Waals surface area contributed by atoms with Crippen LogP contribution in [0.1, 0.15) is 37.1 Å². The number of benzene rings is 2. The molecule has 3 nitrogen and oxygen atoms in total. The highest BCUT2D eigenvalue weighted by atomic mass is 15.1. The summed E-state index contributed by atoms with van der Waals surface area (Å²) in [5.74, 6) is 1.72. The van der Waals surface area contributed by atoms with Crippen LogP contribution in [0.5, 0.6) is 0 Å². The van der Waals surface area contributed by atoms with Gasteiger partial charge in [-0.1, -0.05) is 49.4 Å². The molecule has 1 aliphatic rings. The Hall–Kier alpha value is -2.55. The molecule has 0 saturated heterocycles. The minimum absolute atomic E-state index is 0.487. The van der Waals surface area contributed by atoms with Gasteiger partial charge in [0.25, 0.3) is 0 Å². The summed E-state index contributed by atoms with van der Waals surface area (Å²) in [5.41, 5.74) is 4.83. The Morgan fingerprint density at radius 2 is 1.84 bits per heavy atom. The second-order valence-electron chi connectivity index (χ2n) is 6.96. The van der Waals surface area contributed by atoms with Gasteiger partial charge in [0.1, 0.15) is 5.82 Å². The number of hydrogen-bond donors (Lipinski definition) is 1. The molecule has 25 heavy (non-hydrogen) atoms. The van der Waals surface area contributed by atoms with Crippen LogP contribution in [0.4, 0.5) is 5.69 Å². The summed E-state index contributed by atoms with van der Waals surface area (Å²) >= 11 is 0. The summed E-state index contributed by atoms with van der Waals surface area (Å²) < 4.78 is 2.31. The fraction of sp³-hybridized carbons (Fsp3) is 0.318. The van der Waals surface area contributed by atoms with Crippen molar-refractivity contribution in [1.29, 1.82) is 0 Å². The second-order valence-corrected chi connectivity index (χ2v) is 6.96. The maximum atomic E-state index is 4.81. The van der Waals surface area contributed by atoms with Crippen molar-refractivity contribution in [3.05, 3.63) is 72.2 Å². The van der Waals surface area contributed by atoms with Crippen molar-refractivity contribution >= 4 is 5.69 Å². The quantitative estimate of drug-likeness (QED) is 0.705. The number of aromatic nitrogens is 2. The van der Waals surface area contributed by atoms with Gasteiger partial charge >= 0.3 is 0 Å². The lowest BCUT2D eigenvalue weighted by molar-refractivity contribution is 0.522. The van der Waals surface area contributed by atoms with Crippen molar-refractivity contribution in [2.45, 2.75) is 38.6 Å². The molecule has 1 atom stereocenters. The van der Waals surface area contributed by atoms with E-state index in [1.807, 2.05) is 0 Å². The van der Waals surface area contributed by atoms with Gasteiger partial charge in [-0.15, -0.1) is 0 Å². The topological polar surface area (TPSA) is 29.9 Å². The van der Waals surface area contributed by atoms with Crippen molar-refractivity contribution in [3.8, 4) is 11.3 Å². The highest BCUT2D eigenvalue weighted by molar-refractivity contribution is 5.62. The van der Waals surface area contributed by atoms with E-state index >= 15 is 0 Å². The van der Waals surface area contributed by atoms with Crippen LogP contribution in [0.25, 0.3) is 11.3 Å². The molecule has 3 aromatic rings. The second kappa shape index (κ2) is 7.14. The fourth-order valence-corrected chi connectivity index (χ4v) is 3.48. The van der Waals surface area contributed by atoms with E-state index in [-0.39, 0.29) is 0 Å². The van der Waals surface area contributed by atoms with Gasteiger partial charge in [-0.05, 0) is 36.5 Å². The van der Waals surface area contributed by atoms with Gasteiger partial charge in [0, 0.05) is 37.0 Å². The third-order valence-electron chi connectivity index (χ3n) is 5.07. The standard InChI is InChI=1S/C22H25N3/c1-17(18-7-3-2-4-8-18)15-23-20-12-10-19(11-13-20)21-16-25-14-6-5-9-22(25)24-21/h2-4,7-8,10-13,16-17,23H,5-6,9,14-15H2,1H3. The predicted octanol–water partition coefficient (Wildman–Crippen LogP) is 5.10. The first-order valence-electron chi connectivity index (χ1n) is 9.25. The van der Waals surface area contributed by atoms with Gasteiger partial charge in [0.15, 0.2) is 0 Å². The van der Waals surface area contributed by atoms with Gasteiger partial charge in [0.2, 0.25) is 0 Å². The van der Waals surface area contributed by atoms with Crippen molar-refractivity contribution < 1.29 is 0 Å². The fourth-order valence-electron chi connectivity index (χ4n) is 3.48. The number of fused-ring (bicyclic) bond motifs is 1. The SMILES string of the molecule is CC(CNc1ccc(-c2cn3c(n2)CCCC3)cc1)c1ccccc1. The molecule has 3 heteroatoms. The van der Waals surface area contributed by atoms with Gasteiger partial charge in [-0.25, -0.2) is 4.98 Å². The lowest BCUT2D eigenvalue weighted by atomic mass is 10.0. The van der Waals surface area contributed by atoms with E-state index in [9.17, 15) is 0 Å². The summed E-state index contributed by atoms with van der Waals surface area (Å²) in [7, 11) is 0. The summed E-state index contributed by atoms with van der Waals surface area (Å²) in [5, 5.41) is 3.54. The number of imidazole rings is 1. The van der Waals surface area contributed by atoms with Gasteiger partial charge in [0.05, 0.1) is 5.69 Å². The maximum Gasteiger partial charge on any atom is 0.109 e. The lowest BCUT2D eigenvalue weighted by Gasteiger charge is -2.14. The van der Waals surface area contributed by atoms with Crippen LogP contribution in [-0.2, 0) is 13.0 Å². The number of aryl methyl sites for hydroxylation is 2. The number of rotatable bonds is 5. The molecule has 0 radical (unpaired) electrons. The van der Waals surface area contributed by atoms with Crippen molar-refractivity contribution in [3.63, 3.8) is 0 Å². The largest absolute Gasteiger partial charge is 0.384 e. The van der Waals surface area contributed by atoms with Gasteiger partial charge in [-0.2, -0.15) is 0 Å². The van der Waals surface area contributed by atoms with E-state index in [0.29, 0.717) is 5.92 Å². The molecule has 0 fully saturated rings. The van der Waals surface area contributed by atoms with E-state index in [4.69, 9.17) is 4.98 Å². The third kappa shape index (κ3) is 3.60. The monoisotopic (exact) mass is 331 g/mol. The van der Waals surface area contributed by atoms with Crippen LogP contribution in [0.15, 0.2) is 60.8 Å². The Morgan fingerprint density at radius 3 is 2.60 bits per heavy atom. The first kappa shape index (κ1) is 15.9. The third-order valence-corrected chi connectivity index (χ3v) is 5.07. The van der Waals surface area contributed by atoms with Crippen molar-refractivity contribution in [1.82, 2.24) is 9.55 Å². The molecule has 2 heterocycles. The van der Waals surface area contributed by atoms with E-state index in [0.717, 1.165) is 30.9 Å². The molecule has 4 rings (SSSR count). The van der Waals surface area contributed by atoms with Crippen molar-refractivity contribution in [2.75, 3.05) is 11.9 Å². The molecule has 1 N–H and O–H groups in total. The highest BCUT2D eigenvalue weighted by Crippen LogP contribution is 2.24. The van der Waals surface area contributed by atoms with Crippen LogP contribution in [-0.4, -0.2) is 16.1 Å². The normalized spacial score (nSPS) is 14.8. The summed E-state index contributed by atoms with van der Waals surface area (Å²) in [6, 6.07) is 19.3. The van der Waals surface area contributed by atoms with E-state index in [1.165, 1.54) is 29.8 Å². The molecule has 1 aromatic heterocycles. The molecule has 0 aliphatic carbocycles. The smallest absolute Gasteiger partial charge is 0.109 e. The van der Waals surface area contributed by atoms with Crippen LogP contribution >= 0.6 is 0 Å². The average molecular weight is 331 g/mol. The lowest BCUT2D eigenvalue weighted by Crippen LogP contribution is -2.09. The minimum Gasteiger partial charge on any atom is -0.384 e. The molecule has 1 unspecified atom stereocenters. The van der Waals surface area contributed by atoms with Crippen LogP contribution in [0.2, 0.25) is 0 Å². The first-order chi connectivity index (χ1) is 12.3. The van der Waals surface area contributed by atoms with E-state index < -0.39 is 0 Å². The Bertz CT molecular complexity index is 795. The zero-order valence-corrected chi connectivity index (χ0v) is 14.8. The zero-order chi connectivity index (χ0) is 17.1. The Kier molecular flexibility index (Phi) is 4.55. The predicted molar refractivity (Wildman–Crippen MR) is 104 cm³/mol. The Balaban J connectivity index is 1.41. The molecular formula is C22H25N3.